The van der Waals surface area contributed by atoms with Gasteiger partial charge in [-0.2, -0.15) is 0 Å². The van der Waals surface area contributed by atoms with Crippen LogP contribution in [0.15, 0.2) is 60.7 Å². The van der Waals surface area contributed by atoms with Crippen molar-refractivity contribution in [3.8, 4) is 11.5 Å². The molecular formula is C27H24ClNO3S. The van der Waals surface area contributed by atoms with E-state index in [1.807, 2.05) is 47.4 Å². The van der Waals surface area contributed by atoms with Crippen molar-refractivity contribution in [3.05, 3.63) is 92.8 Å². The molecule has 0 saturated heterocycles. The van der Waals surface area contributed by atoms with Crippen molar-refractivity contribution in [2.24, 2.45) is 0 Å². The van der Waals surface area contributed by atoms with Crippen LogP contribution in [0, 0.1) is 6.92 Å². The van der Waals surface area contributed by atoms with Gasteiger partial charge in [0.2, 0.25) is 0 Å². The number of methoxy groups -OCH3 is 2. The summed E-state index contributed by atoms with van der Waals surface area (Å²) in [5.74, 6) is 1.31. The first-order valence-corrected chi connectivity index (χ1v) is 12.0. The second-order valence-electron chi connectivity index (χ2n) is 8.21. The highest BCUT2D eigenvalue weighted by Crippen LogP contribution is 2.43. The number of hydrogen-bond acceptors (Lipinski definition) is 4. The Morgan fingerprint density at radius 2 is 1.79 bits per heavy atom. The van der Waals surface area contributed by atoms with E-state index in [0.717, 1.165) is 38.8 Å². The number of benzene rings is 3. The van der Waals surface area contributed by atoms with Crippen molar-refractivity contribution >= 4 is 38.9 Å². The van der Waals surface area contributed by atoms with Crippen molar-refractivity contribution in [1.82, 2.24) is 4.90 Å². The van der Waals surface area contributed by atoms with E-state index in [2.05, 4.69) is 25.1 Å². The van der Waals surface area contributed by atoms with Crippen molar-refractivity contribution in [2.75, 3.05) is 20.8 Å². The predicted molar refractivity (Wildman–Crippen MR) is 134 cm³/mol. The normalized spacial score (nSPS) is 15.4. The maximum Gasteiger partial charge on any atom is 0.266 e. The zero-order valence-electron chi connectivity index (χ0n) is 18.7. The fraction of sp³-hybridized carbons (Fsp3) is 0.222. The monoisotopic (exact) mass is 477 g/mol. The fourth-order valence-electron chi connectivity index (χ4n) is 4.65. The van der Waals surface area contributed by atoms with Crippen LogP contribution in [0.2, 0.25) is 5.02 Å². The van der Waals surface area contributed by atoms with E-state index in [0.29, 0.717) is 27.9 Å². The number of halogens is 1. The molecule has 0 spiro atoms. The maximum absolute atomic E-state index is 13.9. The van der Waals surface area contributed by atoms with Gasteiger partial charge in [0.05, 0.1) is 25.3 Å². The second-order valence-corrected chi connectivity index (χ2v) is 9.64. The van der Waals surface area contributed by atoms with Crippen LogP contribution in [-0.2, 0) is 6.42 Å². The minimum Gasteiger partial charge on any atom is -0.493 e. The van der Waals surface area contributed by atoms with Gasteiger partial charge in [0, 0.05) is 16.6 Å². The van der Waals surface area contributed by atoms with Gasteiger partial charge in [-0.05, 0) is 48.2 Å². The molecule has 0 radical (unpaired) electrons. The van der Waals surface area contributed by atoms with E-state index >= 15 is 0 Å². The molecule has 0 bridgehead atoms. The third-order valence-corrected chi connectivity index (χ3v) is 7.88. The third-order valence-electron chi connectivity index (χ3n) is 6.22. The molecule has 0 saturated carbocycles. The number of hydrogen-bond donors (Lipinski definition) is 0. The number of amides is 1. The Bertz CT molecular complexity index is 1360. The number of nitrogens with zero attached hydrogens (tertiary/aromatic N) is 1. The highest BCUT2D eigenvalue weighted by molar-refractivity contribution is 7.21. The van der Waals surface area contributed by atoms with E-state index in [1.54, 1.807) is 14.2 Å². The van der Waals surface area contributed by atoms with Gasteiger partial charge in [0.15, 0.2) is 11.5 Å². The van der Waals surface area contributed by atoms with Crippen LogP contribution in [0.5, 0.6) is 11.5 Å². The molecule has 5 rings (SSSR count). The lowest BCUT2D eigenvalue weighted by Gasteiger charge is -2.38. The number of fused-ring (bicyclic) bond motifs is 2. The molecule has 1 aliphatic rings. The number of ether oxygens (including phenoxy) is 2. The summed E-state index contributed by atoms with van der Waals surface area (Å²) in [6, 6.07) is 20.0. The van der Waals surface area contributed by atoms with Crippen molar-refractivity contribution in [3.63, 3.8) is 0 Å². The molecule has 3 aromatic carbocycles. The first-order chi connectivity index (χ1) is 16.0. The first kappa shape index (κ1) is 21.8. The fourth-order valence-corrected chi connectivity index (χ4v) is 6.11. The molecule has 33 heavy (non-hydrogen) atoms. The van der Waals surface area contributed by atoms with Crippen LogP contribution in [0.4, 0.5) is 0 Å². The van der Waals surface area contributed by atoms with Gasteiger partial charge in [-0.15, -0.1) is 11.3 Å². The topological polar surface area (TPSA) is 38.8 Å². The lowest BCUT2D eigenvalue weighted by Crippen LogP contribution is -2.40. The highest BCUT2D eigenvalue weighted by Gasteiger charge is 2.35. The number of thiophene rings is 1. The zero-order chi connectivity index (χ0) is 23.1. The summed E-state index contributed by atoms with van der Waals surface area (Å²) in [5, 5.41) is 1.45. The maximum atomic E-state index is 13.9. The Kier molecular flexibility index (Phi) is 5.77. The molecule has 168 valence electrons. The molecule has 1 aliphatic heterocycles. The predicted octanol–water partition coefficient (Wildman–Crippen LogP) is 6.67. The molecule has 0 unspecified atom stereocenters. The van der Waals surface area contributed by atoms with E-state index in [4.69, 9.17) is 21.1 Å². The Hall–Kier alpha value is -3.02. The molecule has 1 aromatic heterocycles. The quantitative estimate of drug-likeness (QED) is 0.329. The van der Waals surface area contributed by atoms with Crippen LogP contribution in [-0.4, -0.2) is 31.6 Å². The molecule has 0 N–H and O–H groups in total. The minimum absolute atomic E-state index is 0.0480. The second kappa shape index (κ2) is 8.73. The largest absolute Gasteiger partial charge is 0.493 e. The number of carbonyl (C=O) groups is 1. The summed E-state index contributed by atoms with van der Waals surface area (Å²) in [7, 11) is 3.28. The molecule has 4 nitrogen and oxygen atoms in total. The Morgan fingerprint density at radius 3 is 2.52 bits per heavy atom. The number of aryl methyl sites for hydroxylation is 1. The molecule has 6 heteroatoms. The lowest BCUT2D eigenvalue weighted by molar-refractivity contribution is 0.0699. The van der Waals surface area contributed by atoms with E-state index in [1.165, 1.54) is 11.3 Å². The molecule has 2 heterocycles. The summed E-state index contributed by atoms with van der Waals surface area (Å²) in [5.41, 5.74) is 4.42. The van der Waals surface area contributed by atoms with Gasteiger partial charge in [-0.3, -0.25) is 4.79 Å². The van der Waals surface area contributed by atoms with Crippen molar-refractivity contribution < 1.29 is 14.3 Å². The molecular weight excluding hydrogens is 454 g/mol. The average Bonchev–Trinajstić information content (AvgIpc) is 3.18. The molecule has 0 aliphatic carbocycles. The number of carbonyl (C=O) groups excluding carboxylic acids is 1. The summed E-state index contributed by atoms with van der Waals surface area (Å²) in [6.45, 7) is 2.65. The van der Waals surface area contributed by atoms with Crippen LogP contribution in [0.1, 0.15) is 38.0 Å². The van der Waals surface area contributed by atoms with Crippen molar-refractivity contribution in [2.45, 2.75) is 19.4 Å². The van der Waals surface area contributed by atoms with Crippen LogP contribution < -0.4 is 9.47 Å². The Balaban J connectivity index is 1.66. The molecule has 0 fully saturated rings. The van der Waals surface area contributed by atoms with Crippen molar-refractivity contribution in [1.29, 1.82) is 0 Å². The smallest absolute Gasteiger partial charge is 0.266 e. The standard InChI is InChI=1S/C27H24ClNO3S/c1-16-7-6-8-18(13-16)25-20-15-22(32-3)21(31-2)14-17(20)11-12-29(25)27(30)26-24(28)19-9-4-5-10-23(19)33-26/h4-10,13-15,25H,11-12H2,1-3H3/t25-/m0/s1. The highest BCUT2D eigenvalue weighted by atomic mass is 35.5. The van der Waals surface area contributed by atoms with E-state index in [9.17, 15) is 4.79 Å². The van der Waals surface area contributed by atoms with Gasteiger partial charge in [-0.25, -0.2) is 0 Å². The van der Waals surface area contributed by atoms with E-state index in [-0.39, 0.29) is 11.9 Å². The van der Waals surface area contributed by atoms with Gasteiger partial charge < -0.3 is 14.4 Å². The summed E-state index contributed by atoms with van der Waals surface area (Å²) in [6.07, 6.45) is 0.728. The van der Waals surface area contributed by atoms with Gasteiger partial charge in [0.1, 0.15) is 4.88 Å². The van der Waals surface area contributed by atoms with Gasteiger partial charge in [-0.1, -0.05) is 59.6 Å². The minimum atomic E-state index is -0.248. The average molecular weight is 478 g/mol. The molecule has 1 atom stereocenters. The molecule has 4 aromatic rings. The van der Waals surface area contributed by atoms with Gasteiger partial charge in [0.25, 0.3) is 5.91 Å². The zero-order valence-corrected chi connectivity index (χ0v) is 20.3. The molecule has 1 amide bonds. The van der Waals surface area contributed by atoms with Gasteiger partial charge >= 0.3 is 0 Å². The SMILES string of the molecule is COc1cc2c(cc1OC)[C@H](c1cccc(C)c1)N(C(=O)c1sc3ccccc3c1Cl)CC2. The summed E-state index contributed by atoms with van der Waals surface area (Å²) >= 11 is 8.16. The number of rotatable bonds is 4. The van der Waals surface area contributed by atoms with Crippen LogP contribution in [0.3, 0.4) is 0 Å². The summed E-state index contributed by atoms with van der Waals surface area (Å²) in [4.78, 5) is 16.5. The van der Waals surface area contributed by atoms with Crippen LogP contribution in [0.25, 0.3) is 10.1 Å². The van der Waals surface area contributed by atoms with Crippen LogP contribution >= 0.6 is 22.9 Å². The first-order valence-electron chi connectivity index (χ1n) is 10.8. The summed E-state index contributed by atoms with van der Waals surface area (Å²) < 4.78 is 12.2. The van der Waals surface area contributed by atoms with E-state index < -0.39 is 0 Å². The third kappa shape index (κ3) is 3.75. The Morgan fingerprint density at radius 1 is 1.03 bits per heavy atom. The Labute approximate surface area is 202 Å². The lowest BCUT2D eigenvalue weighted by atomic mass is 9.87.